The van der Waals surface area contributed by atoms with E-state index < -0.39 is 22.4 Å². The van der Waals surface area contributed by atoms with Gasteiger partial charge in [0.2, 0.25) is 0 Å². The highest BCUT2D eigenvalue weighted by atomic mass is 32.2. The summed E-state index contributed by atoms with van der Waals surface area (Å²) < 4.78 is 24.1. The van der Waals surface area contributed by atoms with E-state index in [1.54, 1.807) is 0 Å². The van der Waals surface area contributed by atoms with Gasteiger partial charge in [-0.1, -0.05) is 13.8 Å². The number of aliphatic hydroxyl groups is 1. The smallest absolute Gasteiger partial charge is 0.157 e. The van der Waals surface area contributed by atoms with Crippen molar-refractivity contribution in [3.8, 4) is 0 Å². The first kappa shape index (κ1) is 14.7. The molecule has 3 N–H and O–H groups in total. The van der Waals surface area contributed by atoms with E-state index in [4.69, 9.17) is 5.14 Å². The summed E-state index contributed by atoms with van der Waals surface area (Å²) in [6.45, 7) is 6.92. The molecule has 0 aliphatic rings. The van der Waals surface area contributed by atoms with Gasteiger partial charge in [-0.3, -0.25) is 0 Å². The molecule has 0 aromatic carbocycles. The highest BCUT2D eigenvalue weighted by molar-refractivity contribution is 7.85. The monoisotopic (exact) mass is 253 g/mol. The third-order valence-corrected chi connectivity index (χ3v) is 3.61. The molecule has 0 fully saturated rings. The zero-order valence-electron chi connectivity index (χ0n) is 9.20. The molecule has 88 valence electrons. The predicted molar refractivity (Wildman–Crippen MR) is 61.5 cm³/mol. The second-order valence-corrected chi connectivity index (χ2v) is 5.25. The van der Waals surface area contributed by atoms with E-state index in [0.29, 0.717) is 0 Å². The molecule has 0 radical (unpaired) electrons. The maximum Gasteiger partial charge on any atom is 0.157 e. The lowest BCUT2D eigenvalue weighted by Gasteiger charge is -2.15. The molecule has 0 bridgehead atoms. The molecule has 0 aliphatic carbocycles. The molecular weight excluding hydrogens is 237 g/mol. The van der Waals surface area contributed by atoms with Crippen LogP contribution in [0.2, 0.25) is 0 Å². The van der Waals surface area contributed by atoms with Gasteiger partial charge in [-0.2, -0.15) is 0 Å². The van der Waals surface area contributed by atoms with Crippen molar-refractivity contribution in [1.82, 2.24) is 0 Å². The minimum Gasteiger partial charge on any atom is -0.386 e. The fraction of sp³-hybridized carbons (Fsp3) is 0.556. The fourth-order valence-corrected chi connectivity index (χ4v) is 2.51. The van der Waals surface area contributed by atoms with Crippen molar-refractivity contribution in [2.24, 2.45) is 5.14 Å². The molecule has 1 rings (SSSR count). The molecule has 1 atom stereocenters. The molecule has 0 spiro atoms. The normalized spacial score (nSPS) is 13.0. The summed E-state index contributed by atoms with van der Waals surface area (Å²) in [7, 11) is -1.82. The van der Waals surface area contributed by atoms with E-state index >= 15 is 0 Å². The van der Waals surface area contributed by atoms with Gasteiger partial charge in [0.1, 0.15) is 15.2 Å². The molecule has 1 aromatic heterocycles. The van der Waals surface area contributed by atoms with Crippen LogP contribution < -0.4 is 5.14 Å². The Balaban J connectivity index is 0.000000921. The molecule has 0 amide bonds. The molecule has 0 saturated carbocycles. The lowest BCUT2D eigenvalue weighted by Crippen LogP contribution is -2.16. The molecule has 6 heteroatoms. The lowest BCUT2D eigenvalue weighted by molar-refractivity contribution is 0.0748. The summed E-state index contributed by atoms with van der Waals surface area (Å²) in [5, 5.41) is 16.0. The summed E-state index contributed by atoms with van der Waals surface area (Å²) in [5.74, 6) is -0.668. The second kappa shape index (κ2) is 5.69. The Hall–Kier alpha value is -0.300. The molecule has 1 heterocycles. The summed E-state index contributed by atoms with van der Waals surface area (Å²) in [5.41, 5.74) is -1.13. The Bertz CT molecular complexity index is 344. The first-order chi connectivity index (χ1) is 6.84. The van der Waals surface area contributed by atoms with Crippen LogP contribution in [0.15, 0.2) is 9.59 Å². The molecule has 0 aliphatic heterocycles. The third kappa shape index (κ3) is 3.64. The Morgan fingerprint density at radius 1 is 1.53 bits per heavy atom. The van der Waals surface area contributed by atoms with Crippen LogP contribution in [0, 0.1) is 5.82 Å². The summed E-state index contributed by atoms with van der Waals surface area (Å²) >= 11 is 0.951. The topological polar surface area (TPSA) is 63.3 Å². The highest BCUT2D eigenvalue weighted by Gasteiger charge is 2.25. The number of nitrogens with two attached hydrogens (primary N) is 1. The van der Waals surface area contributed by atoms with Crippen LogP contribution in [-0.2, 0) is 16.6 Å². The molecular formula is C9H16FNO2S2. The van der Waals surface area contributed by atoms with Crippen molar-refractivity contribution >= 4 is 22.3 Å². The summed E-state index contributed by atoms with van der Waals surface area (Å²) in [6.07, 6.45) is 0. The molecule has 3 nitrogen and oxygen atoms in total. The standard InChI is InChI=1S/C7H10FNO2S2.C2H6/c1-7(2,10)4-3-12-6(5(4)8)13(9)11;1-2/h3,10H,9H2,1-2H3;1-2H3. The average Bonchev–Trinajstić information content (AvgIpc) is 2.49. The Kier molecular flexibility index (Phi) is 5.58. The van der Waals surface area contributed by atoms with Crippen LogP contribution >= 0.6 is 11.3 Å². The first-order valence-corrected chi connectivity index (χ1v) is 6.59. The SMILES string of the molecule is CC.CC(C)(O)c1csc(S(N)=O)c1F. The van der Waals surface area contributed by atoms with Crippen LogP contribution in [-0.4, -0.2) is 9.32 Å². The van der Waals surface area contributed by atoms with Crippen molar-refractivity contribution in [2.75, 3.05) is 0 Å². The minimum atomic E-state index is -1.82. The van der Waals surface area contributed by atoms with Gasteiger partial charge < -0.3 is 5.11 Å². The summed E-state index contributed by atoms with van der Waals surface area (Å²) in [4.78, 5) is 0. The quantitative estimate of drug-likeness (QED) is 0.848. The van der Waals surface area contributed by atoms with Crippen LogP contribution in [0.5, 0.6) is 0 Å². The second-order valence-electron chi connectivity index (χ2n) is 3.11. The van der Waals surface area contributed by atoms with Crippen molar-refractivity contribution in [3.63, 3.8) is 0 Å². The maximum absolute atomic E-state index is 13.4. The van der Waals surface area contributed by atoms with E-state index in [9.17, 15) is 13.7 Å². The largest absolute Gasteiger partial charge is 0.386 e. The van der Waals surface area contributed by atoms with Crippen LogP contribution in [0.25, 0.3) is 0 Å². The van der Waals surface area contributed by atoms with Crippen LogP contribution in [0.3, 0.4) is 0 Å². The van der Waals surface area contributed by atoms with Gasteiger partial charge in [-0.25, -0.2) is 13.7 Å². The van der Waals surface area contributed by atoms with E-state index in [-0.39, 0.29) is 9.77 Å². The van der Waals surface area contributed by atoms with Crippen molar-refractivity contribution in [1.29, 1.82) is 0 Å². The Labute approximate surface area is 95.7 Å². The van der Waals surface area contributed by atoms with Gasteiger partial charge in [0.15, 0.2) is 5.82 Å². The lowest BCUT2D eigenvalue weighted by atomic mass is 10.0. The van der Waals surface area contributed by atoms with Gasteiger partial charge in [-0.05, 0) is 13.8 Å². The van der Waals surface area contributed by atoms with Crippen molar-refractivity contribution in [2.45, 2.75) is 37.5 Å². The minimum absolute atomic E-state index is 0.0304. The predicted octanol–water partition coefficient (Wildman–Crippen LogP) is 2.12. The highest BCUT2D eigenvalue weighted by Crippen LogP contribution is 2.30. The van der Waals surface area contributed by atoms with E-state index in [1.165, 1.54) is 19.2 Å². The molecule has 15 heavy (non-hydrogen) atoms. The van der Waals surface area contributed by atoms with Crippen molar-refractivity contribution in [3.05, 3.63) is 16.8 Å². The Morgan fingerprint density at radius 2 is 2.00 bits per heavy atom. The fourth-order valence-electron chi connectivity index (χ4n) is 0.874. The van der Waals surface area contributed by atoms with Gasteiger partial charge in [0, 0.05) is 10.9 Å². The van der Waals surface area contributed by atoms with Gasteiger partial charge in [-0.15, -0.1) is 11.3 Å². The van der Waals surface area contributed by atoms with Crippen LogP contribution in [0.1, 0.15) is 33.3 Å². The van der Waals surface area contributed by atoms with E-state index in [1.807, 2.05) is 13.8 Å². The van der Waals surface area contributed by atoms with E-state index in [2.05, 4.69) is 0 Å². The van der Waals surface area contributed by atoms with Gasteiger partial charge >= 0.3 is 0 Å². The maximum atomic E-state index is 13.4. The molecule has 0 saturated heterocycles. The van der Waals surface area contributed by atoms with Gasteiger partial charge in [0.05, 0.1) is 5.60 Å². The zero-order valence-corrected chi connectivity index (χ0v) is 10.8. The van der Waals surface area contributed by atoms with Crippen molar-refractivity contribution < 1.29 is 13.7 Å². The van der Waals surface area contributed by atoms with E-state index in [0.717, 1.165) is 11.3 Å². The number of hydrogen-bond donors (Lipinski definition) is 2. The summed E-state index contributed by atoms with van der Waals surface area (Å²) in [6, 6.07) is 0. The number of hydrogen-bond acceptors (Lipinski definition) is 3. The number of rotatable bonds is 2. The van der Waals surface area contributed by atoms with Crippen LogP contribution in [0.4, 0.5) is 4.39 Å². The third-order valence-electron chi connectivity index (χ3n) is 1.54. The number of halogens is 1. The molecule has 1 aromatic rings. The zero-order chi connectivity index (χ0) is 12.2. The first-order valence-electron chi connectivity index (χ1n) is 4.50. The average molecular weight is 253 g/mol. The van der Waals surface area contributed by atoms with Gasteiger partial charge in [0.25, 0.3) is 0 Å². The Morgan fingerprint density at radius 3 is 2.20 bits per heavy atom. The molecule has 1 unspecified atom stereocenters. The number of thiophene rings is 1.